The Hall–Kier alpha value is -2.53. The van der Waals surface area contributed by atoms with E-state index in [0.717, 1.165) is 34.8 Å². The summed E-state index contributed by atoms with van der Waals surface area (Å²) in [5.41, 5.74) is 3.02. The molecule has 22 heavy (non-hydrogen) atoms. The van der Waals surface area contributed by atoms with Crippen LogP contribution in [-0.2, 0) is 13.0 Å². The predicted octanol–water partition coefficient (Wildman–Crippen LogP) is 2.35. The first kappa shape index (κ1) is 13.2. The molecule has 1 aliphatic rings. The van der Waals surface area contributed by atoms with Crippen LogP contribution in [-0.4, -0.2) is 28.1 Å². The molecule has 0 saturated heterocycles. The quantitative estimate of drug-likeness (QED) is 0.803. The predicted molar refractivity (Wildman–Crippen MR) is 82.2 cm³/mol. The monoisotopic (exact) mass is 296 g/mol. The van der Waals surface area contributed by atoms with Crippen molar-refractivity contribution in [1.82, 2.24) is 9.55 Å². The summed E-state index contributed by atoms with van der Waals surface area (Å²) in [5.74, 6) is 2.39. The van der Waals surface area contributed by atoms with Gasteiger partial charge < -0.3 is 19.1 Å². The first-order valence-electron chi connectivity index (χ1n) is 7.28. The summed E-state index contributed by atoms with van der Waals surface area (Å²) in [6.07, 6.45) is 0.724. The minimum atomic E-state index is 0.0711. The Morgan fingerprint density at radius 3 is 2.64 bits per heavy atom. The molecule has 1 aromatic heterocycles. The Morgan fingerprint density at radius 1 is 1.09 bits per heavy atom. The van der Waals surface area contributed by atoms with Gasteiger partial charge >= 0.3 is 0 Å². The standard InChI is InChI=1S/C17H16N2O3/c20-7-6-19-14-10-16-15(21-11-22-16)9-13(14)18-17(19)8-12-4-2-1-3-5-12/h1-5,9-10,20H,6-8,11H2. The smallest absolute Gasteiger partial charge is 0.231 e. The average molecular weight is 296 g/mol. The van der Waals surface area contributed by atoms with Crippen LogP contribution in [0.15, 0.2) is 42.5 Å². The van der Waals surface area contributed by atoms with Crippen molar-refractivity contribution in [2.45, 2.75) is 13.0 Å². The van der Waals surface area contributed by atoms with Gasteiger partial charge in [0.2, 0.25) is 6.79 Å². The number of aliphatic hydroxyl groups is 1. The molecule has 0 spiro atoms. The highest BCUT2D eigenvalue weighted by Crippen LogP contribution is 2.36. The summed E-state index contributed by atoms with van der Waals surface area (Å²) in [5, 5.41) is 9.38. The average Bonchev–Trinajstić information content (AvgIpc) is 3.11. The maximum Gasteiger partial charge on any atom is 0.231 e. The van der Waals surface area contributed by atoms with Crippen molar-refractivity contribution >= 4 is 11.0 Å². The van der Waals surface area contributed by atoms with Crippen molar-refractivity contribution in [3.63, 3.8) is 0 Å². The zero-order chi connectivity index (χ0) is 14.9. The molecular weight excluding hydrogens is 280 g/mol. The SMILES string of the molecule is OCCn1c(Cc2ccccc2)nc2cc3c(cc21)OCO3. The van der Waals surface area contributed by atoms with Crippen LogP contribution in [0.5, 0.6) is 11.5 Å². The number of benzene rings is 2. The van der Waals surface area contributed by atoms with Crippen LogP contribution in [0.2, 0.25) is 0 Å². The molecule has 0 unspecified atom stereocenters. The zero-order valence-electron chi connectivity index (χ0n) is 12.0. The number of aliphatic hydroxyl groups excluding tert-OH is 1. The van der Waals surface area contributed by atoms with Gasteiger partial charge in [0.05, 0.1) is 17.6 Å². The number of nitrogens with zero attached hydrogens (tertiary/aromatic N) is 2. The number of hydrogen-bond donors (Lipinski definition) is 1. The molecule has 0 fully saturated rings. The van der Waals surface area contributed by atoms with E-state index < -0.39 is 0 Å². The van der Waals surface area contributed by atoms with Crippen molar-refractivity contribution < 1.29 is 14.6 Å². The molecule has 0 radical (unpaired) electrons. The van der Waals surface area contributed by atoms with E-state index in [4.69, 9.17) is 14.5 Å². The molecule has 0 saturated carbocycles. The molecule has 0 bridgehead atoms. The molecule has 0 aliphatic carbocycles. The number of hydrogen-bond acceptors (Lipinski definition) is 4. The van der Waals surface area contributed by atoms with Crippen LogP contribution in [0.3, 0.4) is 0 Å². The van der Waals surface area contributed by atoms with Crippen LogP contribution in [0.25, 0.3) is 11.0 Å². The van der Waals surface area contributed by atoms with E-state index >= 15 is 0 Å². The van der Waals surface area contributed by atoms with E-state index in [9.17, 15) is 5.11 Å². The molecule has 5 nitrogen and oxygen atoms in total. The van der Waals surface area contributed by atoms with Gasteiger partial charge in [0, 0.05) is 25.1 Å². The topological polar surface area (TPSA) is 56.5 Å². The fourth-order valence-electron chi connectivity index (χ4n) is 2.83. The number of rotatable bonds is 4. The lowest BCUT2D eigenvalue weighted by Gasteiger charge is -2.07. The summed E-state index contributed by atoms with van der Waals surface area (Å²) in [6, 6.07) is 14.0. The Balaban J connectivity index is 1.81. The maximum absolute atomic E-state index is 9.38. The third-order valence-electron chi connectivity index (χ3n) is 3.85. The number of imidazole rings is 1. The molecule has 4 rings (SSSR count). The molecule has 3 aromatic rings. The third kappa shape index (κ3) is 2.19. The highest BCUT2D eigenvalue weighted by molar-refractivity contribution is 5.81. The van der Waals surface area contributed by atoms with Crippen LogP contribution in [0.1, 0.15) is 11.4 Å². The van der Waals surface area contributed by atoms with E-state index in [-0.39, 0.29) is 13.4 Å². The normalized spacial score (nSPS) is 13.0. The fourth-order valence-corrected chi connectivity index (χ4v) is 2.83. The first-order chi connectivity index (χ1) is 10.8. The number of aromatic nitrogens is 2. The fraction of sp³-hybridized carbons (Fsp3) is 0.235. The molecule has 2 aromatic carbocycles. The van der Waals surface area contributed by atoms with Gasteiger partial charge in [0.15, 0.2) is 11.5 Å². The lowest BCUT2D eigenvalue weighted by atomic mass is 10.1. The van der Waals surface area contributed by atoms with E-state index in [1.54, 1.807) is 0 Å². The maximum atomic E-state index is 9.38. The van der Waals surface area contributed by atoms with Crippen molar-refractivity contribution in [2.24, 2.45) is 0 Å². The largest absolute Gasteiger partial charge is 0.454 e. The Labute approximate surface area is 127 Å². The van der Waals surface area contributed by atoms with Gasteiger partial charge in [0.25, 0.3) is 0 Å². The molecule has 112 valence electrons. The van der Waals surface area contributed by atoms with Crippen molar-refractivity contribution in [1.29, 1.82) is 0 Å². The summed E-state index contributed by atoms with van der Waals surface area (Å²) in [7, 11) is 0. The van der Waals surface area contributed by atoms with E-state index in [0.29, 0.717) is 6.54 Å². The highest BCUT2D eigenvalue weighted by atomic mass is 16.7. The molecule has 1 aliphatic heterocycles. The number of fused-ring (bicyclic) bond motifs is 2. The molecule has 0 amide bonds. The third-order valence-corrected chi connectivity index (χ3v) is 3.85. The molecule has 0 atom stereocenters. The van der Waals surface area contributed by atoms with Crippen LogP contribution in [0, 0.1) is 0 Å². The van der Waals surface area contributed by atoms with Crippen molar-refractivity contribution in [3.8, 4) is 11.5 Å². The van der Waals surface area contributed by atoms with Crippen LogP contribution in [0.4, 0.5) is 0 Å². The van der Waals surface area contributed by atoms with Gasteiger partial charge in [-0.05, 0) is 5.56 Å². The highest BCUT2D eigenvalue weighted by Gasteiger charge is 2.19. The second-order valence-corrected chi connectivity index (χ2v) is 5.26. The second-order valence-electron chi connectivity index (χ2n) is 5.26. The van der Waals surface area contributed by atoms with Crippen LogP contribution >= 0.6 is 0 Å². The summed E-state index contributed by atoms with van der Waals surface area (Å²) >= 11 is 0. The molecular formula is C17H16N2O3. The zero-order valence-corrected chi connectivity index (χ0v) is 12.0. The lowest BCUT2D eigenvalue weighted by molar-refractivity contribution is 0.174. The molecule has 2 heterocycles. The van der Waals surface area contributed by atoms with Gasteiger partial charge in [-0.1, -0.05) is 30.3 Å². The van der Waals surface area contributed by atoms with Gasteiger partial charge in [-0.2, -0.15) is 0 Å². The summed E-state index contributed by atoms with van der Waals surface area (Å²) < 4.78 is 12.9. The van der Waals surface area contributed by atoms with Crippen LogP contribution < -0.4 is 9.47 Å². The van der Waals surface area contributed by atoms with Gasteiger partial charge in [0.1, 0.15) is 5.82 Å². The van der Waals surface area contributed by atoms with Gasteiger partial charge in [-0.3, -0.25) is 0 Å². The van der Waals surface area contributed by atoms with E-state index in [1.807, 2.05) is 34.9 Å². The van der Waals surface area contributed by atoms with Gasteiger partial charge in [-0.25, -0.2) is 4.98 Å². The van der Waals surface area contributed by atoms with Gasteiger partial charge in [-0.15, -0.1) is 0 Å². The number of ether oxygens (including phenoxy) is 2. The van der Waals surface area contributed by atoms with E-state index in [2.05, 4.69) is 12.1 Å². The second kappa shape index (κ2) is 5.35. The van der Waals surface area contributed by atoms with E-state index in [1.165, 1.54) is 5.56 Å². The summed E-state index contributed by atoms with van der Waals surface area (Å²) in [4.78, 5) is 4.72. The molecule has 5 heteroatoms. The Bertz CT molecular complexity index is 812. The van der Waals surface area contributed by atoms with Crippen molar-refractivity contribution in [3.05, 3.63) is 53.9 Å². The Morgan fingerprint density at radius 2 is 1.86 bits per heavy atom. The lowest BCUT2D eigenvalue weighted by Crippen LogP contribution is -2.07. The van der Waals surface area contributed by atoms with Crippen molar-refractivity contribution in [2.75, 3.05) is 13.4 Å². The molecule has 1 N–H and O–H groups in total. The minimum Gasteiger partial charge on any atom is -0.454 e. The Kier molecular flexibility index (Phi) is 3.20. The minimum absolute atomic E-state index is 0.0711. The first-order valence-corrected chi connectivity index (χ1v) is 7.28. The summed E-state index contributed by atoms with van der Waals surface area (Å²) in [6.45, 7) is 0.832.